The Morgan fingerprint density at radius 3 is 2.48 bits per heavy atom. The molecule has 0 N–H and O–H groups in total. The molecular weight excluding hydrogens is 328 g/mol. The van der Waals surface area contributed by atoms with Gasteiger partial charge in [0.25, 0.3) is 0 Å². The van der Waals surface area contributed by atoms with Crippen molar-refractivity contribution in [2.24, 2.45) is 0 Å². The first-order chi connectivity index (χ1) is 11.3. The van der Waals surface area contributed by atoms with Crippen molar-refractivity contribution in [2.45, 2.75) is 67.9 Å². The lowest BCUT2D eigenvalue weighted by molar-refractivity contribution is 0.350. The van der Waals surface area contributed by atoms with Crippen LogP contribution in [0.5, 0.6) is 11.5 Å². The number of halogens is 1. The molecule has 1 aromatic carbocycles. The number of methoxy groups -OCH3 is 2. The molecule has 0 heterocycles. The second-order valence-electron chi connectivity index (χ2n) is 6.16. The third-order valence-corrected chi connectivity index (χ3v) is 6.22. The van der Waals surface area contributed by atoms with Crippen LogP contribution in [0.2, 0.25) is 0 Å². The normalized spacial score (nSPS) is 15.6. The van der Waals surface area contributed by atoms with E-state index in [4.69, 9.17) is 21.1 Å². The van der Waals surface area contributed by atoms with Crippen LogP contribution >= 0.6 is 23.4 Å². The number of hydrogen-bond donors (Lipinski definition) is 0. The average Bonchev–Trinajstić information content (AvgIpc) is 2.60. The van der Waals surface area contributed by atoms with E-state index in [0.29, 0.717) is 0 Å². The van der Waals surface area contributed by atoms with Gasteiger partial charge >= 0.3 is 0 Å². The summed E-state index contributed by atoms with van der Waals surface area (Å²) in [5.41, 5.74) is 1.32. The number of unbranched alkanes of at least 4 members (excludes halogenated alkanes) is 2. The quantitative estimate of drug-likeness (QED) is 0.394. The zero-order valence-electron chi connectivity index (χ0n) is 14.4. The first kappa shape index (κ1) is 18.8. The number of hydrogen-bond acceptors (Lipinski definition) is 3. The van der Waals surface area contributed by atoms with E-state index >= 15 is 0 Å². The van der Waals surface area contributed by atoms with Crippen molar-refractivity contribution in [3.63, 3.8) is 0 Å². The molecule has 0 aromatic heterocycles. The lowest BCUT2D eigenvalue weighted by Crippen LogP contribution is -2.09. The lowest BCUT2D eigenvalue weighted by atomic mass is 10.0. The molecule has 0 unspecified atom stereocenters. The van der Waals surface area contributed by atoms with E-state index < -0.39 is 0 Å². The molecule has 0 radical (unpaired) electrons. The van der Waals surface area contributed by atoms with Crippen LogP contribution in [0.4, 0.5) is 0 Å². The van der Waals surface area contributed by atoms with Crippen LogP contribution < -0.4 is 9.47 Å². The smallest absolute Gasteiger partial charge is 0.165 e. The molecule has 0 amide bonds. The van der Waals surface area contributed by atoms with E-state index in [9.17, 15) is 0 Å². The van der Waals surface area contributed by atoms with Gasteiger partial charge in [-0.1, -0.05) is 25.7 Å². The molecule has 1 aromatic rings. The molecule has 1 aliphatic carbocycles. The van der Waals surface area contributed by atoms with E-state index in [1.54, 1.807) is 14.2 Å². The first-order valence-corrected chi connectivity index (χ1v) is 10.2. The minimum absolute atomic E-state index is 0.749. The summed E-state index contributed by atoms with van der Waals surface area (Å²) in [6, 6.07) is 4.27. The van der Waals surface area contributed by atoms with Crippen molar-refractivity contribution in [2.75, 3.05) is 20.1 Å². The molecule has 23 heavy (non-hydrogen) atoms. The third kappa shape index (κ3) is 5.49. The molecule has 2 nitrogen and oxygen atoms in total. The molecule has 1 aliphatic rings. The number of benzene rings is 1. The molecule has 130 valence electrons. The molecule has 0 saturated heterocycles. The Morgan fingerprint density at radius 1 is 1.04 bits per heavy atom. The summed E-state index contributed by atoms with van der Waals surface area (Å²) in [7, 11) is 3.46. The summed E-state index contributed by atoms with van der Waals surface area (Å²) in [6.45, 7) is 0. The number of alkyl halides is 1. The van der Waals surface area contributed by atoms with Crippen LogP contribution in [-0.4, -0.2) is 25.3 Å². The summed E-state index contributed by atoms with van der Waals surface area (Å²) in [5, 5.41) is 0.753. The SMILES string of the molecule is COc1ccc(SC2CCCCC2)c(CCCCCCl)c1OC. The minimum atomic E-state index is 0.749. The van der Waals surface area contributed by atoms with Gasteiger partial charge in [-0.25, -0.2) is 0 Å². The molecule has 0 aliphatic heterocycles. The van der Waals surface area contributed by atoms with Gasteiger partial charge in [-0.3, -0.25) is 0 Å². The zero-order valence-corrected chi connectivity index (χ0v) is 16.0. The van der Waals surface area contributed by atoms with Crippen LogP contribution in [0.25, 0.3) is 0 Å². The van der Waals surface area contributed by atoms with E-state index in [2.05, 4.69) is 6.07 Å². The van der Waals surface area contributed by atoms with E-state index in [0.717, 1.165) is 48.3 Å². The van der Waals surface area contributed by atoms with Gasteiger partial charge in [0.15, 0.2) is 11.5 Å². The average molecular weight is 357 g/mol. The Morgan fingerprint density at radius 2 is 1.83 bits per heavy atom. The summed E-state index contributed by atoms with van der Waals surface area (Å²) in [5.74, 6) is 2.51. The molecule has 2 rings (SSSR count). The highest BCUT2D eigenvalue weighted by molar-refractivity contribution is 8.00. The second-order valence-corrected chi connectivity index (χ2v) is 7.88. The Kier molecular flexibility index (Phi) is 8.46. The minimum Gasteiger partial charge on any atom is -0.493 e. The van der Waals surface area contributed by atoms with Gasteiger partial charge < -0.3 is 9.47 Å². The van der Waals surface area contributed by atoms with Gasteiger partial charge in [0, 0.05) is 21.6 Å². The van der Waals surface area contributed by atoms with Crippen molar-refractivity contribution in [3.05, 3.63) is 17.7 Å². The second kappa shape index (κ2) is 10.4. The molecule has 0 bridgehead atoms. The fourth-order valence-corrected chi connectivity index (χ4v) is 4.86. The van der Waals surface area contributed by atoms with Crippen molar-refractivity contribution >= 4 is 23.4 Å². The number of thioether (sulfide) groups is 1. The van der Waals surface area contributed by atoms with Gasteiger partial charge in [-0.05, 0) is 44.2 Å². The Labute approximate surface area is 150 Å². The highest BCUT2D eigenvalue weighted by atomic mass is 35.5. The van der Waals surface area contributed by atoms with Crippen LogP contribution in [0.1, 0.15) is 56.9 Å². The highest BCUT2D eigenvalue weighted by Gasteiger charge is 2.20. The van der Waals surface area contributed by atoms with Crippen molar-refractivity contribution in [1.82, 2.24) is 0 Å². The van der Waals surface area contributed by atoms with Crippen LogP contribution in [-0.2, 0) is 6.42 Å². The lowest BCUT2D eigenvalue weighted by Gasteiger charge is -2.23. The maximum absolute atomic E-state index is 5.80. The molecule has 4 heteroatoms. The summed E-state index contributed by atoms with van der Waals surface area (Å²) >= 11 is 7.84. The maximum atomic E-state index is 5.80. The molecule has 0 atom stereocenters. The fraction of sp³-hybridized carbons (Fsp3) is 0.684. The Balaban J connectivity index is 2.16. The molecule has 1 saturated carbocycles. The molecule has 0 spiro atoms. The number of ether oxygens (including phenoxy) is 2. The van der Waals surface area contributed by atoms with E-state index in [1.165, 1.54) is 42.6 Å². The molecule has 1 fully saturated rings. The standard InChI is InChI=1S/C19H29ClO2S/c1-21-17-12-13-18(23-15-9-5-3-6-10-15)16(19(17)22-2)11-7-4-8-14-20/h12-13,15H,3-11,14H2,1-2H3. The van der Waals surface area contributed by atoms with Gasteiger partial charge in [0.2, 0.25) is 0 Å². The van der Waals surface area contributed by atoms with Crippen LogP contribution in [0, 0.1) is 0 Å². The van der Waals surface area contributed by atoms with E-state index in [1.807, 2.05) is 17.8 Å². The Bertz CT molecular complexity index is 473. The van der Waals surface area contributed by atoms with E-state index in [-0.39, 0.29) is 0 Å². The zero-order chi connectivity index (χ0) is 16.5. The monoisotopic (exact) mass is 356 g/mol. The van der Waals surface area contributed by atoms with Crippen molar-refractivity contribution < 1.29 is 9.47 Å². The van der Waals surface area contributed by atoms with Gasteiger partial charge in [-0.15, -0.1) is 23.4 Å². The Hall–Kier alpha value is -0.540. The first-order valence-electron chi connectivity index (χ1n) is 8.76. The van der Waals surface area contributed by atoms with Crippen molar-refractivity contribution in [3.8, 4) is 11.5 Å². The predicted molar refractivity (Wildman–Crippen MR) is 101 cm³/mol. The van der Waals surface area contributed by atoms with Gasteiger partial charge in [-0.2, -0.15) is 0 Å². The summed E-state index contributed by atoms with van der Waals surface area (Å²) in [6.07, 6.45) is 11.2. The van der Waals surface area contributed by atoms with Crippen LogP contribution in [0.15, 0.2) is 17.0 Å². The third-order valence-electron chi connectivity index (χ3n) is 4.51. The van der Waals surface area contributed by atoms with Crippen molar-refractivity contribution in [1.29, 1.82) is 0 Å². The molecular formula is C19H29ClO2S. The predicted octanol–water partition coefficient (Wildman–Crippen LogP) is 6.08. The summed E-state index contributed by atoms with van der Waals surface area (Å²) in [4.78, 5) is 1.38. The van der Waals surface area contributed by atoms with Gasteiger partial charge in [0.1, 0.15) is 0 Å². The highest BCUT2D eigenvalue weighted by Crippen LogP contribution is 2.42. The maximum Gasteiger partial charge on any atom is 0.165 e. The summed E-state index contributed by atoms with van der Waals surface area (Å²) < 4.78 is 11.2. The topological polar surface area (TPSA) is 18.5 Å². The largest absolute Gasteiger partial charge is 0.493 e. The number of rotatable bonds is 9. The van der Waals surface area contributed by atoms with Crippen LogP contribution in [0.3, 0.4) is 0 Å². The fourth-order valence-electron chi connectivity index (χ4n) is 3.26. The van der Waals surface area contributed by atoms with Gasteiger partial charge in [0.05, 0.1) is 14.2 Å².